The normalized spacial score (nSPS) is 26.0. The van der Waals surface area contributed by atoms with Crippen LogP contribution in [-0.2, 0) is 6.54 Å². The minimum Gasteiger partial charge on any atom is -0.506 e. The maximum atomic E-state index is 10.0. The van der Waals surface area contributed by atoms with Gasteiger partial charge in [0.1, 0.15) is 5.75 Å². The number of aromatic hydroxyl groups is 1. The SMILES string of the molecule is CC1(O)CCCN(Cc2ccc(O)c(N)c2)C1. The van der Waals surface area contributed by atoms with E-state index in [4.69, 9.17) is 5.73 Å². The monoisotopic (exact) mass is 236 g/mol. The molecule has 0 radical (unpaired) electrons. The van der Waals surface area contributed by atoms with Crippen molar-refractivity contribution in [3.8, 4) is 5.75 Å². The molecule has 0 aliphatic carbocycles. The summed E-state index contributed by atoms with van der Waals surface area (Å²) in [7, 11) is 0. The lowest BCUT2D eigenvalue weighted by atomic mass is 9.95. The van der Waals surface area contributed by atoms with E-state index in [1.54, 1.807) is 12.1 Å². The molecule has 4 nitrogen and oxygen atoms in total. The number of nitrogen functional groups attached to an aromatic ring is 1. The molecule has 1 saturated heterocycles. The number of aliphatic hydroxyl groups is 1. The summed E-state index contributed by atoms with van der Waals surface area (Å²) in [6.45, 7) is 4.33. The fourth-order valence-electron chi connectivity index (χ4n) is 2.42. The average molecular weight is 236 g/mol. The Bertz CT molecular complexity index is 404. The van der Waals surface area contributed by atoms with Crippen molar-refractivity contribution < 1.29 is 10.2 Å². The highest BCUT2D eigenvalue weighted by Gasteiger charge is 2.28. The Hall–Kier alpha value is -1.26. The van der Waals surface area contributed by atoms with Crippen molar-refractivity contribution in [1.29, 1.82) is 0 Å². The van der Waals surface area contributed by atoms with Gasteiger partial charge in [-0.2, -0.15) is 0 Å². The first-order valence-electron chi connectivity index (χ1n) is 5.98. The first-order valence-corrected chi connectivity index (χ1v) is 5.98. The molecule has 0 spiro atoms. The highest BCUT2D eigenvalue weighted by atomic mass is 16.3. The predicted octanol–water partition coefficient (Wildman–Crippen LogP) is 1.32. The summed E-state index contributed by atoms with van der Waals surface area (Å²) in [5.74, 6) is 0.124. The number of likely N-dealkylation sites (tertiary alicyclic amines) is 1. The topological polar surface area (TPSA) is 69.7 Å². The number of phenolic OH excluding ortho intramolecular Hbond substituents is 1. The third kappa shape index (κ3) is 3.11. The second-order valence-electron chi connectivity index (χ2n) is 5.20. The Balaban J connectivity index is 2.03. The molecule has 1 aromatic carbocycles. The number of phenols is 1. The zero-order valence-electron chi connectivity index (χ0n) is 10.2. The Labute approximate surface area is 102 Å². The lowest BCUT2D eigenvalue weighted by Gasteiger charge is -2.36. The van der Waals surface area contributed by atoms with Gasteiger partial charge in [-0.15, -0.1) is 0 Å². The molecule has 4 N–H and O–H groups in total. The van der Waals surface area contributed by atoms with Crippen LogP contribution in [0.25, 0.3) is 0 Å². The van der Waals surface area contributed by atoms with Gasteiger partial charge in [0.05, 0.1) is 11.3 Å². The minimum atomic E-state index is -0.583. The number of hydrogen-bond donors (Lipinski definition) is 3. The first kappa shape index (κ1) is 12.2. The molecule has 1 atom stereocenters. The summed E-state index contributed by atoms with van der Waals surface area (Å²) in [4.78, 5) is 2.22. The Kier molecular flexibility index (Phi) is 3.26. The molecule has 94 valence electrons. The molecule has 17 heavy (non-hydrogen) atoms. The van der Waals surface area contributed by atoms with Gasteiger partial charge in [0.25, 0.3) is 0 Å². The van der Waals surface area contributed by atoms with Crippen LogP contribution in [-0.4, -0.2) is 33.8 Å². The van der Waals surface area contributed by atoms with E-state index < -0.39 is 5.60 Å². The van der Waals surface area contributed by atoms with Gasteiger partial charge >= 0.3 is 0 Å². The molecule has 0 bridgehead atoms. The number of rotatable bonds is 2. The summed E-state index contributed by atoms with van der Waals surface area (Å²) in [5, 5.41) is 19.4. The largest absolute Gasteiger partial charge is 0.506 e. The van der Waals surface area contributed by atoms with E-state index in [-0.39, 0.29) is 5.75 Å². The van der Waals surface area contributed by atoms with Crippen molar-refractivity contribution in [1.82, 2.24) is 4.90 Å². The molecular formula is C13H20N2O2. The van der Waals surface area contributed by atoms with Crippen LogP contribution in [0.4, 0.5) is 5.69 Å². The quantitative estimate of drug-likeness (QED) is 0.535. The summed E-state index contributed by atoms with van der Waals surface area (Å²) in [6, 6.07) is 5.28. The smallest absolute Gasteiger partial charge is 0.138 e. The van der Waals surface area contributed by atoms with Crippen LogP contribution in [0.5, 0.6) is 5.75 Å². The highest BCUT2D eigenvalue weighted by Crippen LogP contribution is 2.24. The molecular weight excluding hydrogens is 216 g/mol. The zero-order valence-corrected chi connectivity index (χ0v) is 10.2. The lowest BCUT2D eigenvalue weighted by Crippen LogP contribution is -2.45. The van der Waals surface area contributed by atoms with E-state index in [0.717, 1.165) is 31.5 Å². The summed E-state index contributed by atoms with van der Waals surface area (Å²) in [6.07, 6.45) is 1.88. The predicted molar refractivity (Wildman–Crippen MR) is 67.7 cm³/mol. The molecule has 0 amide bonds. The number of piperidine rings is 1. The summed E-state index contributed by atoms with van der Waals surface area (Å²) in [5.41, 5.74) is 6.55. The van der Waals surface area contributed by atoms with Crippen molar-refractivity contribution in [3.63, 3.8) is 0 Å². The molecule has 1 aliphatic rings. The third-order valence-electron chi connectivity index (χ3n) is 3.25. The molecule has 2 rings (SSSR count). The first-order chi connectivity index (χ1) is 7.96. The van der Waals surface area contributed by atoms with Crippen LogP contribution in [0.1, 0.15) is 25.3 Å². The van der Waals surface area contributed by atoms with Crippen molar-refractivity contribution in [3.05, 3.63) is 23.8 Å². The molecule has 1 fully saturated rings. The molecule has 1 unspecified atom stereocenters. The van der Waals surface area contributed by atoms with Crippen LogP contribution < -0.4 is 5.73 Å². The van der Waals surface area contributed by atoms with Gasteiger partial charge in [0.15, 0.2) is 0 Å². The van der Waals surface area contributed by atoms with E-state index in [1.807, 2.05) is 13.0 Å². The average Bonchev–Trinajstić information content (AvgIpc) is 2.22. The van der Waals surface area contributed by atoms with Crippen LogP contribution in [0.3, 0.4) is 0 Å². The van der Waals surface area contributed by atoms with E-state index in [2.05, 4.69) is 4.90 Å². The van der Waals surface area contributed by atoms with E-state index >= 15 is 0 Å². The maximum absolute atomic E-state index is 10.0. The maximum Gasteiger partial charge on any atom is 0.138 e. The Morgan fingerprint density at radius 2 is 2.24 bits per heavy atom. The Morgan fingerprint density at radius 3 is 2.88 bits per heavy atom. The zero-order chi connectivity index (χ0) is 12.5. The second-order valence-corrected chi connectivity index (χ2v) is 5.20. The summed E-state index contributed by atoms with van der Waals surface area (Å²) < 4.78 is 0. The van der Waals surface area contributed by atoms with Gasteiger partial charge in [-0.3, -0.25) is 4.90 Å². The summed E-state index contributed by atoms with van der Waals surface area (Å²) >= 11 is 0. The molecule has 1 aliphatic heterocycles. The van der Waals surface area contributed by atoms with Gasteiger partial charge in [0, 0.05) is 13.1 Å². The number of nitrogens with zero attached hydrogens (tertiary/aromatic N) is 1. The van der Waals surface area contributed by atoms with Crippen LogP contribution >= 0.6 is 0 Å². The second kappa shape index (κ2) is 4.55. The molecule has 1 heterocycles. The molecule has 0 saturated carbocycles. The van der Waals surface area contributed by atoms with E-state index in [1.165, 1.54) is 0 Å². The number of benzene rings is 1. The van der Waals surface area contributed by atoms with Crippen LogP contribution in [0, 0.1) is 0 Å². The van der Waals surface area contributed by atoms with Gasteiger partial charge in [-0.05, 0) is 44.0 Å². The number of anilines is 1. The Morgan fingerprint density at radius 1 is 1.47 bits per heavy atom. The van der Waals surface area contributed by atoms with Gasteiger partial charge in [-0.25, -0.2) is 0 Å². The van der Waals surface area contributed by atoms with E-state index in [9.17, 15) is 10.2 Å². The van der Waals surface area contributed by atoms with Gasteiger partial charge in [0.2, 0.25) is 0 Å². The van der Waals surface area contributed by atoms with Crippen molar-refractivity contribution in [2.45, 2.75) is 31.9 Å². The fraction of sp³-hybridized carbons (Fsp3) is 0.538. The van der Waals surface area contributed by atoms with Gasteiger partial charge < -0.3 is 15.9 Å². The van der Waals surface area contributed by atoms with Gasteiger partial charge in [-0.1, -0.05) is 6.07 Å². The number of nitrogens with two attached hydrogens (primary N) is 1. The lowest BCUT2D eigenvalue weighted by molar-refractivity contribution is -0.0181. The standard InChI is InChI=1S/C13H20N2O2/c1-13(17)5-2-6-15(9-13)8-10-3-4-12(16)11(14)7-10/h3-4,7,16-17H,2,5-6,8-9,14H2,1H3. The highest BCUT2D eigenvalue weighted by molar-refractivity contribution is 5.53. The minimum absolute atomic E-state index is 0.124. The number of β-amino-alcohol motifs (C(OH)–C–C–N with tert-alkyl or cyclic N) is 1. The fourth-order valence-corrected chi connectivity index (χ4v) is 2.42. The van der Waals surface area contributed by atoms with Crippen molar-refractivity contribution in [2.24, 2.45) is 0 Å². The van der Waals surface area contributed by atoms with Crippen LogP contribution in [0.2, 0.25) is 0 Å². The van der Waals surface area contributed by atoms with E-state index in [0.29, 0.717) is 12.2 Å². The third-order valence-corrected chi connectivity index (χ3v) is 3.25. The number of hydrogen-bond acceptors (Lipinski definition) is 4. The van der Waals surface area contributed by atoms with Crippen molar-refractivity contribution >= 4 is 5.69 Å². The van der Waals surface area contributed by atoms with Crippen molar-refractivity contribution in [2.75, 3.05) is 18.8 Å². The molecule has 1 aromatic rings. The molecule has 4 heteroatoms. The molecule has 0 aromatic heterocycles. The van der Waals surface area contributed by atoms with Crippen LogP contribution in [0.15, 0.2) is 18.2 Å².